The maximum Gasteiger partial charge on any atom is 0.255 e. The molecule has 0 spiro atoms. The summed E-state index contributed by atoms with van der Waals surface area (Å²) in [5.74, 6) is -0.182. The first-order valence-corrected chi connectivity index (χ1v) is 9.13. The number of H-pyrrole nitrogens is 1. The third-order valence-corrected chi connectivity index (χ3v) is 4.80. The Balaban J connectivity index is 1.70. The maximum absolute atomic E-state index is 13.4. The van der Waals surface area contributed by atoms with Crippen molar-refractivity contribution in [1.29, 1.82) is 0 Å². The molecule has 1 aliphatic heterocycles. The molecule has 1 N–H and O–H groups in total. The number of fused-ring (bicyclic) bond motifs is 1. The zero-order valence-corrected chi connectivity index (χ0v) is 14.9. The molecule has 0 aliphatic carbocycles. The van der Waals surface area contributed by atoms with Crippen LogP contribution in [0.3, 0.4) is 0 Å². The number of carbonyl (C=O) groups excluding carboxylic acids is 1. The fourth-order valence-electron chi connectivity index (χ4n) is 3.49. The van der Waals surface area contributed by atoms with Gasteiger partial charge in [-0.05, 0) is 31.0 Å². The van der Waals surface area contributed by atoms with Gasteiger partial charge in [0, 0.05) is 36.3 Å². The molecule has 0 radical (unpaired) electrons. The highest BCUT2D eigenvalue weighted by atomic mass is 16.5. The Morgan fingerprint density at radius 2 is 2.07 bits per heavy atom. The summed E-state index contributed by atoms with van der Waals surface area (Å²) in [7, 11) is 0. The van der Waals surface area contributed by atoms with Crippen LogP contribution in [0.1, 0.15) is 28.9 Å². The number of hydrogen-bond acceptors (Lipinski definition) is 4. The van der Waals surface area contributed by atoms with Crippen LogP contribution in [-0.2, 0) is 11.3 Å². The number of carbonyl (C=O) groups is 1. The van der Waals surface area contributed by atoms with Crippen LogP contribution < -0.4 is 5.56 Å². The van der Waals surface area contributed by atoms with E-state index in [1.54, 1.807) is 17.2 Å². The maximum atomic E-state index is 13.4. The molecule has 1 unspecified atom stereocenters. The Hall–Kier alpha value is -2.99. The van der Waals surface area contributed by atoms with Gasteiger partial charge in [-0.25, -0.2) is 0 Å². The summed E-state index contributed by atoms with van der Waals surface area (Å²) in [5.41, 5.74) is 1.58. The lowest BCUT2D eigenvalue weighted by atomic mass is 10.1. The zero-order valence-electron chi connectivity index (χ0n) is 14.9. The molecule has 3 aromatic rings. The van der Waals surface area contributed by atoms with Crippen molar-refractivity contribution < 1.29 is 9.53 Å². The summed E-state index contributed by atoms with van der Waals surface area (Å²) in [4.78, 5) is 34.3. The molecule has 27 heavy (non-hydrogen) atoms. The fraction of sp³-hybridized carbons (Fsp3) is 0.286. The molecule has 1 aromatic carbocycles. The van der Waals surface area contributed by atoms with Gasteiger partial charge in [-0.15, -0.1) is 0 Å². The Kier molecular flexibility index (Phi) is 4.98. The predicted octanol–water partition coefficient (Wildman–Crippen LogP) is 2.74. The quantitative estimate of drug-likeness (QED) is 0.756. The number of rotatable bonds is 5. The van der Waals surface area contributed by atoms with Crippen LogP contribution in [0.15, 0.2) is 59.5 Å². The van der Waals surface area contributed by atoms with Crippen molar-refractivity contribution >= 4 is 16.8 Å². The summed E-state index contributed by atoms with van der Waals surface area (Å²) in [6.07, 6.45) is 3.67. The molecule has 1 aliphatic rings. The number of para-hydroxylation sites is 1. The zero-order chi connectivity index (χ0) is 18.6. The molecule has 2 aromatic heterocycles. The van der Waals surface area contributed by atoms with Crippen molar-refractivity contribution in [3.05, 3.63) is 76.3 Å². The average molecular weight is 363 g/mol. The van der Waals surface area contributed by atoms with Crippen molar-refractivity contribution in [1.82, 2.24) is 14.9 Å². The molecule has 6 heteroatoms. The topological polar surface area (TPSA) is 75.3 Å². The van der Waals surface area contributed by atoms with E-state index >= 15 is 0 Å². The SMILES string of the molecule is O=C(c1cc(=O)[nH]c2ccccc12)N(Cc1ccccn1)CC1CCCO1. The third kappa shape index (κ3) is 3.90. The lowest BCUT2D eigenvalue weighted by Gasteiger charge is -2.25. The predicted molar refractivity (Wildman–Crippen MR) is 103 cm³/mol. The monoisotopic (exact) mass is 363 g/mol. The Labute approximate surface area is 156 Å². The van der Waals surface area contributed by atoms with E-state index in [-0.39, 0.29) is 17.6 Å². The van der Waals surface area contributed by atoms with Crippen molar-refractivity contribution in [2.75, 3.05) is 13.2 Å². The van der Waals surface area contributed by atoms with Crippen LogP contribution in [-0.4, -0.2) is 40.0 Å². The number of nitrogens with zero attached hydrogens (tertiary/aromatic N) is 2. The summed E-state index contributed by atoms with van der Waals surface area (Å²) in [6, 6.07) is 14.4. The minimum Gasteiger partial charge on any atom is -0.376 e. The molecule has 1 atom stereocenters. The van der Waals surface area contributed by atoms with E-state index < -0.39 is 0 Å². The van der Waals surface area contributed by atoms with Gasteiger partial charge in [0.2, 0.25) is 5.56 Å². The molecule has 1 fully saturated rings. The van der Waals surface area contributed by atoms with E-state index in [0.29, 0.717) is 24.2 Å². The van der Waals surface area contributed by atoms with Crippen LogP contribution in [0.5, 0.6) is 0 Å². The summed E-state index contributed by atoms with van der Waals surface area (Å²) < 4.78 is 5.74. The van der Waals surface area contributed by atoms with E-state index in [1.807, 2.05) is 36.4 Å². The van der Waals surface area contributed by atoms with Gasteiger partial charge in [-0.2, -0.15) is 0 Å². The van der Waals surface area contributed by atoms with Crippen LogP contribution >= 0.6 is 0 Å². The lowest BCUT2D eigenvalue weighted by molar-refractivity contribution is 0.0505. The van der Waals surface area contributed by atoms with E-state index in [0.717, 1.165) is 30.5 Å². The molecule has 1 amide bonds. The summed E-state index contributed by atoms with van der Waals surface area (Å²) in [6.45, 7) is 1.58. The van der Waals surface area contributed by atoms with Gasteiger partial charge in [0.25, 0.3) is 5.91 Å². The van der Waals surface area contributed by atoms with Gasteiger partial charge in [-0.1, -0.05) is 24.3 Å². The largest absolute Gasteiger partial charge is 0.376 e. The Morgan fingerprint density at radius 1 is 1.22 bits per heavy atom. The highest BCUT2D eigenvalue weighted by Crippen LogP contribution is 2.20. The number of aromatic amines is 1. The van der Waals surface area contributed by atoms with Gasteiger partial charge in [0.05, 0.1) is 23.9 Å². The van der Waals surface area contributed by atoms with Gasteiger partial charge in [0.1, 0.15) is 0 Å². The van der Waals surface area contributed by atoms with Crippen LogP contribution in [0.25, 0.3) is 10.9 Å². The molecular weight excluding hydrogens is 342 g/mol. The molecule has 0 saturated carbocycles. The number of benzene rings is 1. The second-order valence-electron chi connectivity index (χ2n) is 6.73. The highest BCUT2D eigenvalue weighted by Gasteiger charge is 2.25. The second kappa shape index (κ2) is 7.72. The van der Waals surface area contributed by atoms with Crippen molar-refractivity contribution in [3.63, 3.8) is 0 Å². The van der Waals surface area contributed by atoms with Crippen LogP contribution in [0.4, 0.5) is 0 Å². The highest BCUT2D eigenvalue weighted by molar-refractivity contribution is 6.05. The molecule has 1 saturated heterocycles. The number of hydrogen-bond donors (Lipinski definition) is 1. The molecule has 0 bridgehead atoms. The molecule has 138 valence electrons. The molecule has 3 heterocycles. The van der Waals surface area contributed by atoms with E-state index in [1.165, 1.54) is 6.07 Å². The molecule has 4 rings (SSSR count). The summed E-state index contributed by atoms with van der Waals surface area (Å²) in [5, 5.41) is 0.737. The van der Waals surface area contributed by atoms with Gasteiger partial charge >= 0.3 is 0 Å². The van der Waals surface area contributed by atoms with E-state index in [2.05, 4.69) is 9.97 Å². The minimum atomic E-state index is -0.285. The standard InChI is InChI=1S/C21H21N3O3/c25-20-12-18(17-8-1-2-9-19(17)23-20)21(26)24(14-16-7-5-11-27-16)13-15-6-3-4-10-22-15/h1-4,6,8-10,12,16H,5,7,11,13-14H2,(H,23,25). The van der Waals surface area contributed by atoms with Crippen LogP contribution in [0, 0.1) is 0 Å². The summed E-state index contributed by atoms with van der Waals surface area (Å²) >= 11 is 0. The van der Waals surface area contributed by atoms with Gasteiger partial charge < -0.3 is 14.6 Å². The van der Waals surface area contributed by atoms with Gasteiger partial charge in [-0.3, -0.25) is 14.6 Å². The fourth-order valence-corrected chi connectivity index (χ4v) is 3.49. The van der Waals surface area contributed by atoms with Crippen molar-refractivity contribution in [3.8, 4) is 0 Å². The van der Waals surface area contributed by atoms with Crippen LogP contribution in [0.2, 0.25) is 0 Å². The third-order valence-electron chi connectivity index (χ3n) is 4.80. The normalized spacial score (nSPS) is 16.5. The van der Waals surface area contributed by atoms with Crippen molar-refractivity contribution in [2.24, 2.45) is 0 Å². The lowest BCUT2D eigenvalue weighted by Crippen LogP contribution is -2.37. The Morgan fingerprint density at radius 3 is 2.85 bits per heavy atom. The number of nitrogens with one attached hydrogen (secondary N) is 1. The minimum absolute atomic E-state index is 0.0194. The van der Waals surface area contributed by atoms with Gasteiger partial charge in [0.15, 0.2) is 0 Å². The first-order chi connectivity index (χ1) is 13.2. The first-order valence-electron chi connectivity index (χ1n) is 9.13. The number of amides is 1. The average Bonchev–Trinajstić information content (AvgIpc) is 3.20. The molecular formula is C21H21N3O3. The Bertz CT molecular complexity index is 994. The van der Waals surface area contributed by atoms with E-state index in [9.17, 15) is 9.59 Å². The van der Waals surface area contributed by atoms with E-state index in [4.69, 9.17) is 4.74 Å². The number of ether oxygens (including phenoxy) is 1. The second-order valence-corrected chi connectivity index (χ2v) is 6.73. The first kappa shape index (κ1) is 17.4. The molecule has 6 nitrogen and oxygen atoms in total. The number of aromatic nitrogens is 2. The number of pyridine rings is 2. The van der Waals surface area contributed by atoms with Crippen molar-refractivity contribution in [2.45, 2.75) is 25.5 Å². The smallest absolute Gasteiger partial charge is 0.255 e.